The highest BCUT2D eigenvalue weighted by Gasteiger charge is 2.26. The fourth-order valence-electron chi connectivity index (χ4n) is 3.15. The number of carbonyl (C=O) groups excluding carboxylic acids is 1. The fourth-order valence-corrected chi connectivity index (χ4v) is 4.55. The van der Waals surface area contributed by atoms with Crippen molar-refractivity contribution in [1.29, 1.82) is 0 Å². The van der Waals surface area contributed by atoms with Crippen molar-refractivity contribution in [2.75, 3.05) is 46.6 Å². The second-order valence-electron chi connectivity index (χ2n) is 6.75. The first kappa shape index (κ1) is 21.4. The Balaban J connectivity index is 1.76. The second-order valence-corrected chi connectivity index (χ2v) is 8.68. The molecule has 0 atom stereocenters. The molecule has 0 aliphatic carbocycles. The third-order valence-corrected chi connectivity index (χ3v) is 6.69. The molecular formula is C21H26N2O5S. The first-order valence-corrected chi connectivity index (χ1v) is 11.0. The maximum Gasteiger partial charge on any atom is 0.254 e. The molecule has 7 nitrogen and oxygen atoms in total. The average molecular weight is 419 g/mol. The van der Waals surface area contributed by atoms with Gasteiger partial charge in [-0.3, -0.25) is 4.79 Å². The summed E-state index contributed by atoms with van der Waals surface area (Å²) in [4.78, 5) is 14.9. The maximum atomic E-state index is 13.0. The molecule has 156 valence electrons. The quantitative estimate of drug-likeness (QED) is 0.655. The van der Waals surface area contributed by atoms with Crippen LogP contribution in [0.3, 0.4) is 0 Å². The van der Waals surface area contributed by atoms with E-state index in [2.05, 4.69) is 0 Å². The number of benzene rings is 2. The Labute approximate surface area is 171 Å². The molecule has 29 heavy (non-hydrogen) atoms. The number of sulfonamides is 1. The number of rotatable bonds is 8. The third kappa shape index (κ3) is 5.42. The summed E-state index contributed by atoms with van der Waals surface area (Å²) in [6.45, 7) is 2.78. The summed E-state index contributed by atoms with van der Waals surface area (Å²) in [7, 11) is -1.99. The van der Waals surface area contributed by atoms with Gasteiger partial charge in [-0.25, -0.2) is 8.42 Å². The van der Waals surface area contributed by atoms with Crippen LogP contribution in [0.2, 0.25) is 0 Å². The Morgan fingerprint density at radius 2 is 1.72 bits per heavy atom. The molecule has 1 amide bonds. The second kappa shape index (κ2) is 9.98. The van der Waals surface area contributed by atoms with Crippen LogP contribution in [0.4, 0.5) is 0 Å². The van der Waals surface area contributed by atoms with Crippen molar-refractivity contribution in [2.45, 2.75) is 11.4 Å². The number of ether oxygens (including phenoxy) is 2. The zero-order valence-electron chi connectivity index (χ0n) is 16.5. The van der Waals surface area contributed by atoms with Crippen molar-refractivity contribution in [3.63, 3.8) is 0 Å². The zero-order chi connectivity index (χ0) is 20.7. The Morgan fingerprint density at radius 1 is 1.07 bits per heavy atom. The van der Waals surface area contributed by atoms with Gasteiger partial charge in [0.2, 0.25) is 10.0 Å². The summed E-state index contributed by atoms with van der Waals surface area (Å²) >= 11 is 0. The highest BCUT2D eigenvalue weighted by atomic mass is 32.2. The van der Waals surface area contributed by atoms with Crippen LogP contribution < -0.4 is 0 Å². The minimum absolute atomic E-state index is 0.166. The lowest BCUT2D eigenvalue weighted by Gasteiger charge is -2.26. The van der Waals surface area contributed by atoms with E-state index in [-0.39, 0.29) is 10.8 Å². The highest BCUT2D eigenvalue weighted by Crippen LogP contribution is 2.19. The summed E-state index contributed by atoms with van der Waals surface area (Å²) in [5, 5.41) is 0. The van der Waals surface area contributed by atoms with Crippen molar-refractivity contribution in [2.24, 2.45) is 0 Å². The Morgan fingerprint density at radius 3 is 2.34 bits per heavy atom. The number of carbonyl (C=O) groups is 1. The van der Waals surface area contributed by atoms with Crippen LogP contribution in [0.25, 0.3) is 0 Å². The number of hydrogen-bond acceptors (Lipinski definition) is 5. The summed E-state index contributed by atoms with van der Waals surface area (Å²) in [6, 6.07) is 15.8. The van der Waals surface area contributed by atoms with Gasteiger partial charge in [-0.05, 0) is 29.8 Å². The van der Waals surface area contributed by atoms with Gasteiger partial charge in [0.05, 0.1) is 24.7 Å². The summed E-state index contributed by atoms with van der Waals surface area (Å²) < 4.78 is 37.3. The Hall–Kier alpha value is -2.26. The first-order valence-electron chi connectivity index (χ1n) is 9.52. The van der Waals surface area contributed by atoms with Crippen LogP contribution in [0.5, 0.6) is 0 Å². The molecule has 1 aliphatic heterocycles. The highest BCUT2D eigenvalue weighted by molar-refractivity contribution is 7.89. The molecule has 0 unspecified atom stereocenters. The van der Waals surface area contributed by atoms with Gasteiger partial charge in [-0.2, -0.15) is 4.31 Å². The average Bonchev–Trinajstić information content (AvgIpc) is 2.77. The predicted molar refractivity (Wildman–Crippen MR) is 109 cm³/mol. The molecule has 8 heteroatoms. The van der Waals surface area contributed by atoms with E-state index < -0.39 is 10.0 Å². The first-order chi connectivity index (χ1) is 14.0. The third-order valence-electron chi connectivity index (χ3n) is 4.78. The fraction of sp³-hybridized carbons (Fsp3) is 0.381. The topological polar surface area (TPSA) is 76.2 Å². The predicted octanol–water partition coefficient (Wildman–Crippen LogP) is 2.00. The Kier molecular flexibility index (Phi) is 7.38. The molecule has 1 saturated heterocycles. The minimum atomic E-state index is -3.58. The van der Waals surface area contributed by atoms with E-state index in [9.17, 15) is 13.2 Å². The molecule has 0 radical (unpaired) electrons. The number of amides is 1. The van der Waals surface area contributed by atoms with E-state index in [1.54, 1.807) is 24.1 Å². The van der Waals surface area contributed by atoms with Crippen molar-refractivity contribution in [3.05, 3.63) is 65.7 Å². The zero-order valence-corrected chi connectivity index (χ0v) is 17.3. The molecule has 0 aromatic heterocycles. The number of hydrogen-bond donors (Lipinski definition) is 0. The molecule has 0 N–H and O–H groups in total. The molecular weight excluding hydrogens is 392 g/mol. The maximum absolute atomic E-state index is 13.0. The van der Waals surface area contributed by atoms with E-state index >= 15 is 0 Å². The molecule has 1 heterocycles. The molecule has 0 bridgehead atoms. The molecule has 3 rings (SSSR count). The molecule has 0 saturated carbocycles. The number of morpholine rings is 1. The van der Waals surface area contributed by atoms with E-state index in [1.807, 2.05) is 30.3 Å². The summed E-state index contributed by atoms with van der Waals surface area (Å²) in [5.41, 5.74) is 1.46. The summed E-state index contributed by atoms with van der Waals surface area (Å²) in [5.74, 6) is -0.166. The largest absolute Gasteiger partial charge is 0.383 e. The lowest BCUT2D eigenvalue weighted by atomic mass is 10.1. The molecule has 0 spiro atoms. The normalized spacial score (nSPS) is 15.2. The van der Waals surface area contributed by atoms with Crippen LogP contribution in [0.15, 0.2) is 59.5 Å². The molecule has 2 aromatic carbocycles. The van der Waals surface area contributed by atoms with E-state index in [0.717, 1.165) is 5.56 Å². The van der Waals surface area contributed by atoms with Crippen LogP contribution in [0.1, 0.15) is 15.9 Å². The number of methoxy groups -OCH3 is 1. The van der Waals surface area contributed by atoms with E-state index in [4.69, 9.17) is 9.47 Å². The van der Waals surface area contributed by atoms with Gasteiger partial charge in [-0.1, -0.05) is 30.3 Å². The van der Waals surface area contributed by atoms with Gasteiger partial charge in [0.1, 0.15) is 0 Å². The number of nitrogens with zero attached hydrogens (tertiary/aromatic N) is 2. The molecule has 1 aliphatic rings. The monoisotopic (exact) mass is 418 g/mol. The van der Waals surface area contributed by atoms with Gasteiger partial charge in [0, 0.05) is 38.9 Å². The van der Waals surface area contributed by atoms with Gasteiger partial charge in [0.15, 0.2) is 0 Å². The van der Waals surface area contributed by atoms with Gasteiger partial charge in [-0.15, -0.1) is 0 Å². The van der Waals surface area contributed by atoms with Crippen molar-refractivity contribution in [3.8, 4) is 0 Å². The van der Waals surface area contributed by atoms with Crippen LogP contribution in [-0.2, 0) is 26.0 Å². The van der Waals surface area contributed by atoms with Crippen molar-refractivity contribution in [1.82, 2.24) is 9.21 Å². The molecule has 2 aromatic rings. The lowest BCUT2D eigenvalue weighted by molar-refractivity contribution is 0.0680. The van der Waals surface area contributed by atoms with Gasteiger partial charge >= 0.3 is 0 Å². The molecule has 1 fully saturated rings. The Bertz CT molecular complexity index is 894. The van der Waals surface area contributed by atoms with E-state index in [1.165, 1.54) is 16.4 Å². The SMILES string of the molecule is COCCN(Cc1ccccc1)C(=O)c1ccc(S(=O)(=O)N2CCOCC2)cc1. The van der Waals surface area contributed by atoms with Crippen molar-refractivity contribution >= 4 is 15.9 Å². The van der Waals surface area contributed by atoms with Gasteiger partial charge in [0.25, 0.3) is 5.91 Å². The smallest absolute Gasteiger partial charge is 0.254 e. The minimum Gasteiger partial charge on any atom is -0.383 e. The van der Waals surface area contributed by atoms with Crippen LogP contribution in [-0.4, -0.2) is 70.1 Å². The van der Waals surface area contributed by atoms with Crippen LogP contribution in [0, 0.1) is 0 Å². The summed E-state index contributed by atoms with van der Waals surface area (Å²) in [6.07, 6.45) is 0. The van der Waals surface area contributed by atoms with Crippen LogP contribution >= 0.6 is 0 Å². The van der Waals surface area contributed by atoms with Crippen molar-refractivity contribution < 1.29 is 22.7 Å². The lowest BCUT2D eigenvalue weighted by Crippen LogP contribution is -2.40. The standard InChI is InChI=1S/C21H26N2O5S/c1-27-14-11-22(17-18-5-3-2-4-6-18)21(24)19-7-9-20(10-8-19)29(25,26)23-12-15-28-16-13-23/h2-10H,11-17H2,1H3. The van der Waals surface area contributed by atoms with Gasteiger partial charge < -0.3 is 14.4 Å². The van der Waals surface area contributed by atoms with E-state index in [0.29, 0.717) is 51.6 Å².